The van der Waals surface area contributed by atoms with Crippen molar-refractivity contribution in [3.63, 3.8) is 0 Å². The zero-order valence-corrected chi connectivity index (χ0v) is 14.5. The minimum absolute atomic E-state index is 0.0213. The monoisotopic (exact) mass is 347 g/mol. The number of carbonyl (C=O) groups is 2. The number of hydrogen-bond acceptors (Lipinski definition) is 5. The molecule has 7 heteroatoms. The van der Waals surface area contributed by atoms with Crippen molar-refractivity contribution >= 4 is 28.8 Å². The first-order chi connectivity index (χ1) is 11.5. The molecule has 24 heavy (non-hydrogen) atoms. The molecular weight excluding hydrogens is 326 g/mol. The molecule has 2 amide bonds. The molecule has 1 aromatic carbocycles. The number of aliphatic hydroxyl groups excluding tert-OH is 1. The van der Waals surface area contributed by atoms with E-state index in [4.69, 9.17) is 0 Å². The second kappa shape index (κ2) is 8.47. The smallest absolute Gasteiger partial charge is 0.309 e. The Balaban J connectivity index is 1.78. The average Bonchev–Trinajstić information content (AvgIpc) is 3.10. The molecule has 1 unspecified atom stereocenters. The summed E-state index contributed by atoms with van der Waals surface area (Å²) in [4.78, 5) is 26.4. The minimum atomic E-state index is -0.866. The summed E-state index contributed by atoms with van der Waals surface area (Å²) in [5.41, 5.74) is 1.70. The van der Waals surface area contributed by atoms with E-state index in [9.17, 15) is 14.7 Å². The van der Waals surface area contributed by atoms with Gasteiger partial charge in [0.1, 0.15) is 0 Å². The van der Waals surface area contributed by atoms with E-state index in [1.165, 1.54) is 11.3 Å². The second-order valence-electron chi connectivity index (χ2n) is 5.47. The van der Waals surface area contributed by atoms with Crippen molar-refractivity contribution in [2.45, 2.75) is 12.6 Å². The van der Waals surface area contributed by atoms with Crippen LogP contribution in [0.5, 0.6) is 0 Å². The van der Waals surface area contributed by atoms with Crippen molar-refractivity contribution in [1.82, 2.24) is 10.6 Å². The Morgan fingerprint density at radius 2 is 1.79 bits per heavy atom. The summed E-state index contributed by atoms with van der Waals surface area (Å²) < 4.78 is 0. The molecule has 0 saturated heterocycles. The number of benzene rings is 1. The van der Waals surface area contributed by atoms with Gasteiger partial charge in [0.05, 0.1) is 12.6 Å². The van der Waals surface area contributed by atoms with Crippen LogP contribution in [0.1, 0.15) is 16.5 Å². The van der Waals surface area contributed by atoms with Gasteiger partial charge in [-0.1, -0.05) is 18.2 Å². The average molecular weight is 347 g/mol. The van der Waals surface area contributed by atoms with Crippen LogP contribution in [0, 0.1) is 0 Å². The Labute approximate surface area is 145 Å². The summed E-state index contributed by atoms with van der Waals surface area (Å²) in [5.74, 6) is -1.46. The van der Waals surface area contributed by atoms with Gasteiger partial charge in [-0.25, -0.2) is 0 Å². The van der Waals surface area contributed by atoms with Gasteiger partial charge in [-0.05, 0) is 29.1 Å². The molecule has 0 radical (unpaired) electrons. The van der Waals surface area contributed by atoms with Crippen LogP contribution in [0.3, 0.4) is 0 Å². The molecule has 1 atom stereocenters. The number of nitrogens with zero attached hydrogens (tertiary/aromatic N) is 1. The van der Waals surface area contributed by atoms with E-state index in [-0.39, 0.29) is 6.54 Å². The van der Waals surface area contributed by atoms with Gasteiger partial charge in [0, 0.05) is 31.2 Å². The minimum Gasteiger partial charge on any atom is -0.387 e. The van der Waals surface area contributed by atoms with Gasteiger partial charge in [0.2, 0.25) is 0 Å². The number of anilines is 1. The molecule has 3 N–H and O–H groups in total. The largest absolute Gasteiger partial charge is 0.387 e. The molecule has 2 rings (SSSR count). The third kappa shape index (κ3) is 5.07. The van der Waals surface area contributed by atoms with E-state index >= 15 is 0 Å². The van der Waals surface area contributed by atoms with Gasteiger partial charge in [0.25, 0.3) is 0 Å². The number of hydrogen-bond donors (Lipinski definition) is 3. The Morgan fingerprint density at radius 3 is 2.38 bits per heavy atom. The lowest BCUT2D eigenvalue weighted by Gasteiger charge is -2.15. The van der Waals surface area contributed by atoms with Crippen LogP contribution >= 0.6 is 11.3 Å². The predicted octanol–water partition coefficient (Wildman–Crippen LogP) is 1.28. The molecule has 1 aromatic heterocycles. The van der Waals surface area contributed by atoms with E-state index < -0.39 is 17.9 Å². The highest BCUT2D eigenvalue weighted by atomic mass is 32.1. The number of rotatable bonds is 6. The van der Waals surface area contributed by atoms with Crippen molar-refractivity contribution < 1.29 is 14.7 Å². The summed E-state index contributed by atoms with van der Waals surface area (Å²) in [5, 5.41) is 17.0. The third-order valence-electron chi connectivity index (χ3n) is 3.46. The maximum atomic E-state index is 11.7. The maximum Gasteiger partial charge on any atom is 0.309 e. The van der Waals surface area contributed by atoms with Crippen LogP contribution in [0.15, 0.2) is 41.8 Å². The fourth-order valence-electron chi connectivity index (χ4n) is 2.04. The molecule has 0 fully saturated rings. The summed E-state index contributed by atoms with van der Waals surface area (Å²) in [6.45, 7) is 0.297. The maximum absolute atomic E-state index is 11.7. The van der Waals surface area contributed by atoms with Gasteiger partial charge in [-0.3, -0.25) is 9.59 Å². The molecule has 0 spiro atoms. The van der Waals surface area contributed by atoms with Crippen molar-refractivity contribution in [2.24, 2.45) is 0 Å². The topological polar surface area (TPSA) is 81.7 Å². The molecule has 0 aliphatic heterocycles. The van der Waals surface area contributed by atoms with Gasteiger partial charge >= 0.3 is 11.8 Å². The van der Waals surface area contributed by atoms with Crippen LogP contribution in [0.2, 0.25) is 0 Å². The predicted molar refractivity (Wildman–Crippen MR) is 94.9 cm³/mol. The summed E-state index contributed by atoms with van der Waals surface area (Å²) in [6, 6.07) is 11.1. The Bertz CT molecular complexity index is 669. The highest BCUT2D eigenvalue weighted by Gasteiger charge is 2.15. The number of thiophene rings is 1. The molecule has 0 aliphatic rings. The van der Waals surface area contributed by atoms with E-state index in [1.54, 1.807) is 12.1 Å². The van der Waals surface area contributed by atoms with Crippen molar-refractivity contribution in [3.05, 3.63) is 52.2 Å². The first-order valence-electron chi connectivity index (χ1n) is 7.51. The highest BCUT2D eigenvalue weighted by molar-refractivity contribution is 7.09. The van der Waals surface area contributed by atoms with Crippen LogP contribution in [-0.2, 0) is 16.1 Å². The number of amides is 2. The Morgan fingerprint density at radius 1 is 1.12 bits per heavy atom. The first-order valence-corrected chi connectivity index (χ1v) is 8.39. The molecule has 0 saturated carbocycles. The van der Waals surface area contributed by atoms with Crippen LogP contribution in [0.4, 0.5) is 5.69 Å². The number of aliphatic hydroxyl groups is 1. The van der Waals surface area contributed by atoms with Gasteiger partial charge in [-0.2, -0.15) is 0 Å². The quantitative estimate of drug-likeness (QED) is 0.688. The van der Waals surface area contributed by atoms with Crippen molar-refractivity contribution in [3.8, 4) is 0 Å². The zero-order chi connectivity index (χ0) is 17.5. The molecule has 1 heterocycles. The molecule has 0 bridgehead atoms. The number of nitrogens with one attached hydrogen (secondary N) is 2. The summed E-state index contributed by atoms with van der Waals surface area (Å²) in [7, 11) is 3.86. The van der Waals surface area contributed by atoms with Crippen LogP contribution in [0.25, 0.3) is 0 Å². The van der Waals surface area contributed by atoms with E-state index in [1.807, 2.05) is 48.6 Å². The lowest BCUT2D eigenvalue weighted by atomic mass is 10.1. The van der Waals surface area contributed by atoms with Crippen molar-refractivity contribution in [1.29, 1.82) is 0 Å². The third-order valence-corrected chi connectivity index (χ3v) is 4.34. The van der Waals surface area contributed by atoms with Crippen LogP contribution < -0.4 is 15.5 Å². The fraction of sp³-hybridized carbons (Fsp3) is 0.294. The fourth-order valence-corrected chi connectivity index (χ4v) is 2.69. The lowest BCUT2D eigenvalue weighted by molar-refractivity contribution is -0.139. The standard InChI is InChI=1S/C17H21N3O3S/c1-20(2)13-7-5-12(6-8-13)15(21)11-19-17(23)16(22)18-10-14-4-3-9-24-14/h3-9,15,21H,10-11H2,1-2H3,(H,18,22)(H,19,23). The van der Waals surface area contributed by atoms with Crippen molar-refractivity contribution in [2.75, 3.05) is 25.5 Å². The van der Waals surface area contributed by atoms with E-state index in [0.29, 0.717) is 12.1 Å². The molecule has 6 nitrogen and oxygen atoms in total. The zero-order valence-electron chi connectivity index (χ0n) is 13.7. The normalized spacial score (nSPS) is 11.6. The summed E-state index contributed by atoms with van der Waals surface area (Å²) >= 11 is 1.51. The highest BCUT2D eigenvalue weighted by Crippen LogP contribution is 2.17. The van der Waals surface area contributed by atoms with Gasteiger partial charge in [-0.15, -0.1) is 11.3 Å². The molecule has 2 aromatic rings. The molecule has 0 aliphatic carbocycles. The van der Waals surface area contributed by atoms with Crippen LogP contribution in [-0.4, -0.2) is 37.6 Å². The van der Waals surface area contributed by atoms with E-state index in [2.05, 4.69) is 10.6 Å². The Hall–Kier alpha value is -2.38. The number of carbonyl (C=O) groups excluding carboxylic acids is 2. The van der Waals surface area contributed by atoms with E-state index in [0.717, 1.165) is 10.6 Å². The summed E-state index contributed by atoms with van der Waals surface area (Å²) in [6.07, 6.45) is -0.866. The molecule has 128 valence electrons. The lowest BCUT2D eigenvalue weighted by Crippen LogP contribution is -2.41. The molecular formula is C17H21N3O3S. The van der Waals surface area contributed by atoms with Gasteiger partial charge in [0.15, 0.2) is 0 Å². The second-order valence-corrected chi connectivity index (χ2v) is 6.51. The SMILES string of the molecule is CN(C)c1ccc(C(O)CNC(=O)C(=O)NCc2cccs2)cc1. The first kappa shape index (κ1) is 18.0. The Kier molecular flexibility index (Phi) is 6.34. The van der Waals surface area contributed by atoms with Gasteiger partial charge < -0.3 is 20.6 Å².